The lowest BCUT2D eigenvalue weighted by Gasteiger charge is -2.03. The maximum Gasteiger partial charge on any atom is 0.209 e. The maximum atomic E-state index is 9.99. The Kier molecular flexibility index (Phi) is 3.32. The smallest absolute Gasteiger partial charge is 0.209 e. The van der Waals surface area contributed by atoms with Crippen molar-refractivity contribution in [1.82, 2.24) is 5.48 Å². The summed E-state index contributed by atoms with van der Waals surface area (Å²) in [7, 11) is 0. The number of carbonyl (C=O) groups is 1. The number of hydrogen-bond donors (Lipinski definition) is 1. The lowest BCUT2D eigenvalue weighted by atomic mass is 10.3. The van der Waals surface area contributed by atoms with Crippen molar-refractivity contribution in [2.45, 2.75) is 19.8 Å². The minimum atomic E-state index is -0.428. The molecular weight excluding hydrogens is 94.0 g/mol. The second-order valence-electron chi connectivity index (χ2n) is 1.28. The molecule has 0 saturated heterocycles. The zero-order valence-electron chi connectivity index (χ0n) is 4.23. The third-order valence-corrected chi connectivity index (χ3v) is 0.591. The fourth-order valence-corrected chi connectivity index (χ4v) is 0.278. The molecule has 0 unspecified atom stereocenters. The van der Waals surface area contributed by atoms with Crippen LogP contribution in [0.15, 0.2) is 0 Å². The minimum Gasteiger partial charge on any atom is -0.759 e. The molecule has 0 radical (unpaired) electrons. The summed E-state index contributed by atoms with van der Waals surface area (Å²) in [6, 6.07) is 0. The van der Waals surface area contributed by atoms with Gasteiger partial charge in [-0.2, -0.15) is 0 Å². The Balaban J connectivity index is 3.00. The van der Waals surface area contributed by atoms with Crippen LogP contribution < -0.4 is 5.48 Å². The molecule has 0 bridgehead atoms. The molecule has 0 atom stereocenters. The summed E-state index contributed by atoms with van der Waals surface area (Å²) in [6.45, 7) is 1.84. The van der Waals surface area contributed by atoms with Crippen molar-refractivity contribution in [2.75, 3.05) is 0 Å². The minimum absolute atomic E-state index is 0.337. The number of hydrogen-bond acceptors (Lipinski definition) is 2. The third-order valence-electron chi connectivity index (χ3n) is 0.591. The van der Waals surface area contributed by atoms with Crippen LogP contribution in [0.5, 0.6) is 0 Å². The van der Waals surface area contributed by atoms with Gasteiger partial charge in [-0.15, -0.1) is 0 Å². The number of rotatable bonds is 2. The summed E-state index contributed by atoms with van der Waals surface area (Å²) in [5, 5.41) is 9.42. The molecule has 0 aromatic heterocycles. The SMILES string of the molecule is CCCC(=O)N[O-]. The molecule has 0 aliphatic carbocycles. The molecule has 3 heteroatoms. The molecule has 0 fully saturated rings. The first kappa shape index (κ1) is 6.43. The van der Waals surface area contributed by atoms with Gasteiger partial charge in [0.05, 0.1) is 0 Å². The largest absolute Gasteiger partial charge is 0.759 e. The summed E-state index contributed by atoms with van der Waals surface area (Å²) in [5.41, 5.74) is 1.28. The van der Waals surface area contributed by atoms with Gasteiger partial charge in [0, 0.05) is 6.42 Å². The number of nitrogens with one attached hydrogen (secondary N) is 1. The molecule has 0 aromatic rings. The zero-order chi connectivity index (χ0) is 5.70. The Hall–Kier alpha value is -0.570. The highest BCUT2D eigenvalue weighted by Crippen LogP contribution is 1.82. The van der Waals surface area contributed by atoms with Crippen molar-refractivity contribution in [3.05, 3.63) is 5.21 Å². The Bertz CT molecular complexity index is 62.7. The van der Waals surface area contributed by atoms with Gasteiger partial charge in [-0.25, -0.2) is 0 Å². The average molecular weight is 102 g/mol. The zero-order valence-corrected chi connectivity index (χ0v) is 4.23. The van der Waals surface area contributed by atoms with Gasteiger partial charge < -0.3 is 10.7 Å². The normalized spacial score (nSPS) is 8.29. The second-order valence-corrected chi connectivity index (χ2v) is 1.28. The van der Waals surface area contributed by atoms with Crippen LogP contribution in [-0.2, 0) is 4.79 Å². The van der Waals surface area contributed by atoms with Crippen LogP contribution in [0, 0.1) is 5.21 Å². The van der Waals surface area contributed by atoms with Crippen LogP contribution in [0.4, 0.5) is 0 Å². The quantitative estimate of drug-likeness (QED) is 0.513. The van der Waals surface area contributed by atoms with E-state index in [0.717, 1.165) is 6.42 Å². The predicted octanol–water partition coefficient (Wildman–Crippen LogP) is 0.401. The first-order valence-corrected chi connectivity index (χ1v) is 2.22. The molecule has 0 spiro atoms. The summed E-state index contributed by atoms with van der Waals surface area (Å²) < 4.78 is 0. The van der Waals surface area contributed by atoms with Crippen molar-refractivity contribution >= 4 is 5.91 Å². The van der Waals surface area contributed by atoms with Gasteiger partial charge in [-0.05, 0) is 6.42 Å². The Labute approximate surface area is 42.3 Å². The lowest BCUT2D eigenvalue weighted by Crippen LogP contribution is -2.14. The molecule has 0 aliphatic heterocycles. The molecular formula is C4H8NO2-. The molecule has 0 aromatic carbocycles. The standard InChI is InChI=1S/C4H8NO2/c1-2-3-4(6)5-7/h2-3H2,1H3,(H-,5,6,7)/q-1. The summed E-state index contributed by atoms with van der Waals surface area (Å²) >= 11 is 0. The molecule has 7 heavy (non-hydrogen) atoms. The molecule has 42 valence electrons. The molecule has 0 aliphatic rings. The van der Waals surface area contributed by atoms with Crippen molar-refractivity contribution in [2.24, 2.45) is 0 Å². The van der Waals surface area contributed by atoms with Crippen LogP contribution in [0.3, 0.4) is 0 Å². The molecule has 3 nitrogen and oxygen atoms in total. The maximum absolute atomic E-state index is 9.99. The highest BCUT2D eigenvalue weighted by atomic mass is 16.5. The van der Waals surface area contributed by atoms with E-state index in [9.17, 15) is 10.0 Å². The second kappa shape index (κ2) is 3.61. The van der Waals surface area contributed by atoms with Crippen molar-refractivity contribution in [3.63, 3.8) is 0 Å². The van der Waals surface area contributed by atoms with Crippen molar-refractivity contribution in [1.29, 1.82) is 0 Å². The molecule has 0 rings (SSSR count). The fraction of sp³-hybridized carbons (Fsp3) is 0.750. The van der Waals surface area contributed by atoms with E-state index in [4.69, 9.17) is 0 Å². The van der Waals surface area contributed by atoms with E-state index in [1.54, 1.807) is 0 Å². The summed E-state index contributed by atoms with van der Waals surface area (Å²) in [5.74, 6) is -0.428. The summed E-state index contributed by atoms with van der Waals surface area (Å²) in [6.07, 6.45) is 1.07. The molecule has 1 N–H and O–H groups in total. The van der Waals surface area contributed by atoms with E-state index in [1.165, 1.54) is 5.48 Å². The van der Waals surface area contributed by atoms with Gasteiger partial charge in [-0.1, -0.05) is 6.92 Å². The van der Waals surface area contributed by atoms with Gasteiger partial charge in [-0.3, -0.25) is 4.79 Å². The van der Waals surface area contributed by atoms with Gasteiger partial charge in [0.2, 0.25) is 5.91 Å². The number of carbonyl (C=O) groups excluding carboxylic acids is 1. The van der Waals surface area contributed by atoms with Gasteiger partial charge in [0.15, 0.2) is 0 Å². The molecule has 0 heterocycles. The summed E-state index contributed by atoms with van der Waals surface area (Å²) in [4.78, 5) is 9.99. The fourth-order valence-electron chi connectivity index (χ4n) is 0.278. The lowest BCUT2D eigenvalue weighted by molar-refractivity contribution is -0.120. The highest BCUT2D eigenvalue weighted by Gasteiger charge is 1.86. The van der Waals surface area contributed by atoms with Crippen molar-refractivity contribution in [3.8, 4) is 0 Å². The first-order valence-electron chi connectivity index (χ1n) is 2.22. The number of amides is 1. The van der Waals surface area contributed by atoms with E-state index in [-0.39, 0.29) is 0 Å². The van der Waals surface area contributed by atoms with Gasteiger partial charge in [0.25, 0.3) is 0 Å². The average Bonchev–Trinajstić information content (AvgIpc) is 1.68. The van der Waals surface area contributed by atoms with E-state index in [2.05, 4.69) is 0 Å². The highest BCUT2D eigenvalue weighted by molar-refractivity contribution is 5.75. The topological polar surface area (TPSA) is 52.2 Å². The van der Waals surface area contributed by atoms with Gasteiger partial charge >= 0.3 is 0 Å². The molecule has 0 saturated carbocycles. The van der Waals surface area contributed by atoms with Gasteiger partial charge in [0.1, 0.15) is 0 Å². The van der Waals surface area contributed by atoms with Crippen molar-refractivity contribution < 1.29 is 4.79 Å². The van der Waals surface area contributed by atoms with E-state index in [0.29, 0.717) is 6.42 Å². The van der Waals surface area contributed by atoms with Crippen LogP contribution in [0.1, 0.15) is 19.8 Å². The van der Waals surface area contributed by atoms with Crippen LogP contribution >= 0.6 is 0 Å². The monoisotopic (exact) mass is 102 g/mol. The van der Waals surface area contributed by atoms with E-state index < -0.39 is 5.91 Å². The Morgan fingerprint density at radius 2 is 2.43 bits per heavy atom. The van der Waals surface area contributed by atoms with E-state index in [1.807, 2.05) is 6.92 Å². The van der Waals surface area contributed by atoms with E-state index >= 15 is 0 Å². The predicted molar refractivity (Wildman–Crippen MR) is 26.4 cm³/mol. The Morgan fingerprint density at radius 3 is 2.57 bits per heavy atom. The third kappa shape index (κ3) is 3.26. The number of hydroxylamine groups is 1. The van der Waals surface area contributed by atoms with Crippen LogP contribution in [0.2, 0.25) is 0 Å². The Morgan fingerprint density at radius 1 is 1.86 bits per heavy atom. The molecule has 1 amide bonds. The van der Waals surface area contributed by atoms with Crippen LogP contribution in [0.25, 0.3) is 0 Å². The first-order chi connectivity index (χ1) is 3.31. The van der Waals surface area contributed by atoms with Crippen LogP contribution in [-0.4, -0.2) is 5.91 Å².